The van der Waals surface area contributed by atoms with Crippen molar-refractivity contribution in [2.45, 2.75) is 32.7 Å². The van der Waals surface area contributed by atoms with Crippen LogP contribution in [-0.4, -0.2) is 33.2 Å². The van der Waals surface area contributed by atoms with Gasteiger partial charge in [0.2, 0.25) is 5.91 Å². The zero-order chi connectivity index (χ0) is 15.8. The Kier molecular flexibility index (Phi) is 3.80. The number of carbonyl (C=O) groups is 2. The molecule has 1 aliphatic rings. The van der Waals surface area contributed by atoms with E-state index in [1.165, 1.54) is 18.2 Å². The Bertz CT molecular complexity index is 581. The van der Waals surface area contributed by atoms with Crippen molar-refractivity contribution in [2.75, 3.05) is 0 Å². The van der Waals surface area contributed by atoms with Crippen LogP contribution in [0, 0.1) is 11.3 Å². The van der Waals surface area contributed by atoms with Crippen LogP contribution in [0.15, 0.2) is 18.2 Å². The number of hydrogen-bond donors (Lipinski definition) is 4. The Morgan fingerprint density at radius 2 is 1.95 bits per heavy atom. The fraction of sp³-hybridized carbons (Fsp3) is 0.467. The molecule has 1 saturated carbocycles. The summed E-state index contributed by atoms with van der Waals surface area (Å²) in [4.78, 5) is 23.3. The molecule has 0 bridgehead atoms. The van der Waals surface area contributed by atoms with Crippen LogP contribution in [-0.2, 0) is 16.0 Å². The maximum Gasteiger partial charge on any atom is 0.326 e. The van der Waals surface area contributed by atoms with Gasteiger partial charge in [0.15, 0.2) is 11.5 Å². The van der Waals surface area contributed by atoms with Crippen LogP contribution >= 0.6 is 0 Å². The maximum atomic E-state index is 12.0. The van der Waals surface area contributed by atoms with Gasteiger partial charge in [0, 0.05) is 12.3 Å². The molecule has 0 saturated heterocycles. The van der Waals surface area contributed by atoms with E-state index in [1.807, 2.05) is 13.8 Å². The predicted octanol–water partition coefficient (Wildman–Crippen LogP) is 1.26. The van der Waals surface area contributed by atoms with Crippen LogP contribution in [0.25, 0.3) is 0 Å². The summed E-state index contributed by atoms with van der Waals surface area (Å²) < 4.78 is 0. The molecule has 0 spiro atoms. The lowest BCUT2D eigenvalue weighted by molar-refractivity contribution is -0.142. The average Bonchev–Trinajstić information content (AvgIpc) is 3.02. The molecule has 1 aliphatic carbocycles. The van der Waals surface area contributed by atoms with Gasteiger partial charge in [-0.05, 0) is 29.5 Å². The van der Waals surface area contributed by atoms with Gasteiger partial charge in [-0.15, -0.1) is 0 Å². The van der Waals surface area contributed by atoms with Crippen molar-refractivity contribution in [1.82, 2.24) is 5.32 Å². The lowest BCUT2D eigenvalue weighted by atomic mass is 10.0. The Morgan fingerprint density at radius 1 is 1.33 bits per heavy atom. The van der Waals surface area contributed by atoms with Gasteiger partial charge >= 0.3 is 5.97 Å². The molecule has 1 fully saturated rings. The molecule has 0 aliphatic heterocycles. The average molecular weight is 293 g/mol. The molecule has 4 N–H and O–H groups in total. The second-order valence-corrected chi connectivity index (χ2v) is 6.17. The minimum atomic E-state index is -1.13. The molecule has 1 amide bonds. The highest BCUT2D eigenvalue weighted by atomic mass is 16.4. The number of aliphatic carboxylic acids is 1. The Hall–Kier alpha value is -2.24. The van der Waals surface area contributed by atoms with E-state index in [0.29, 0.717) is 5.56 Å². The molecular weight excluding hydrogens is 274 g/mol. The molecule has 114 valence electrons. The van der Waals surface area contributed by atoms with Gasteiger partial charge in [-0.1, -0.05) is 19.9 Å². The number of phenols is 2. The number of nitrogens with one attached hydrogen (secondary N) is 1. The van der Waals surface area contributed by atoms with Crippen LogP contribution in [0.1, 0.15) is 25.8 Å². The van der Waals surface area contributed by atoms with Crippen molar-refractivity contribution in [3.8, 4) is 11.5 Å². The summed E-state index contributed by atoms with van der Waals surface area (Å²) >= 11 is 0. The Labute approximate surface area is 122 Å². The quantitative estimate of drug-likeness (QED) is 0.611. The topological polar surface area (TPSA) is 107 Å². The second-order valence-electron chi connectivity index (χ2n) is 6.17. The van der Waals surface area contributed by atoms with Crippen LogP contribution in [0.4, 0.5) is 0 Å². The van der Waals surface area contributed by atoms with Gasteiger partial charge in [-0.3, -0.25) is 4.79 Å². The van der Waals surface area contributed by atoms with E-state index in [0.717, 1.165) is 6.42 Å². The van der Waals surface area contributed by atoms with Crippen LogP contribution in [0.3, 0.4) is 0 Å². The third-order valence-electron chi connectivity index (χ3n) is 3.92. The standard InChI is InChI=1S/C15H19NO5/c1-15(2)7-9(15)13(19)16-10(14(20)21)5-8-3-4-11(17)12(18)6-8/h3-4,6,9-10,17-18H,5,7H2,1-2H3,(H,16,19)(H,20,21). The zero-order valence-electron chi connectivity index (χ0n) is 12.0. The van der Waals surface area contributed by atoms with Crippen molar-refractivity contribution in [3.05, 3.63) is 23.8 Å². The van der Waals surface area contributed by atoms with Crippen molar-refractivity contribution in [3.63, 3.8) is 0 Å². The van der Waals surface area contributed by atoms with E-state index < -0.39 is 12.0 Å². The van der Waals surface area contributed by atoms with Gasteiger partial charge in [-0.2, -0.15) is 0 Å². The van der Waals surface area contributed by atoms with Gasteiger partial charge in [-0.25, -0.2) is 4.79 Å². The van der Waals surface area contributed by atoms with Gasteiger partial charge in [0.25, 0.3) is 0 Å². The van der Waals surface area contributed by atoms with E-state index >= 15 is 0 Å². The van der Waals surface area contributed by atoms with Gasteiger partial charge < -0.3 is 20.6 Å². The lowest BCUT2D eigenvalue weighted by Gasteiger charge is -2.15. The van der Waals surface area contributed by atoms with Crippen molar-refractivity contribution < 1.29 is 24.9 Å². The van der Waals surface area contributed by atoms with Gasteiger partial charge in [0.05, 0.1) is 0 Å². The first kappa shape index (κ1) is 15.2. The summed E-state index contributed by atoms with van der Waals surface area (Å²) in [7, 11) is 0. The Morgan fingerprint density at radius 3 is 2.43 bits per heavy atom. The van der Waals surface area contributed by atoms with E-state index in [2.05, 4.69) is 5.32 Å². The molecule has 1 aromatic rings. The fourth-order valence-electron chi connectivity index (χ4n) is 2.32. The number of hydrogen-bond acceptors (Lipinski definition) is 4. The molecule has 2 unspecified atom stereocenters. The molecule has 0 aromatic heterocycles. The number of rotatable bonds is 5. The fourth-order valence-corrected chi connectivity index (χ4v) is 2.32. The largest absolute Gasteiger partial charge is 0.504 e. The van der Waals surface area contributed by atoms with Crippen LogP contribution in [0.2, 0.25) is 0 Å². The molecule has 21 heavy (non-hydrogen) atoms. The smallest absolute Gasteiger partial charge is 0.326 e. The molecular formula is C15H19NO5. The predicted molar refractivity (Wildman–Crippen MR) is 74.9 cm³/mol. The highest BCUT2D eigenvalue weighted by Crippen LogP contribution is 2.51. The SMILES string of the molecule is CC1(C)CC1C(=O)NC(Cc1ccc(O)c(O)c1)C(=O)O. The summed E-state index contributed by atoms with van der Waals surface area (Å²) in [5.41, 5.74) is 0.456. The van der Waals surface area contributed by atoms with E-state index in [-0.39, 0.29) is 35.2 Å². The first-order valence-corrected chi connectivity index (χ1v) is 6.75. The second kappa shape index (κ2) is 5.27. The zero-order valence-corrected chi connectivity index (χ0v) is 12.0. The van der Waals surface area contributed by atoms with Gasteiger partial charge in [0.1, 0.15) is 6.04 Å². The first-order chi connectivity index (χ1) is 9.70. The first-order valence-electron chi connectivity index (χ1n) is 6.75. The van der Waals surface area contributed by atoms with E-state index in [4.69, 9.17) is 0 Å². The van der Waals surface area contributed by atoms with Crippen LogP contribution in [0.5, 0.6) is 11.5 Å². The molecule has 6 heteroatoms. The third-order valence-corrected chi connectivity index (χ3v) is 3.92. The number of amides is 1. The number of carboxylic acids is 1. The van der Waals surface area contributed by atoms with Crippen LogP contribution < -0.4 is 5.32 Å². The number of carbonyl (C=O) groups excluding carboxylic acids is 1. The van der Waals surface area contributed by atoms with Crippen molar-refractivity contribution in [2.24, 2.45) is 11.3 Å². The number of benzene rings is 1. The monoisotopic (exact) mass is 293 g/mol. The van der Waals surface area contributed by atoms with E-state index in [1.54, 1.807) is 0 Å². The summed E-state index contributed by atoms with van der Waals surface area (Å²) in [5, 5.41) is 30.4. The molecule has 2 atom stereocenters. The minimum Gasteiger partial charge on any atom is -0.504 e. The Balaban J connectivity index is 2.04. The summed E-state index contributed by atoms with van der Waals surface area (Å²) in [6.07, 6.45) is 0.799. The molecule has 0 radical (unpaired) electrons. The third kappa shape index (κ3) is 3.45. The summed E-state index contributed by atoms with van der Waals surface area (Å²) in [5.74, 6) is -2.11. The lowest BCUT2D eigenvalue weighted by Crippen LogP contribution is -2.43. The highest BCUT2D eigenvalue weighted by Gasteiger charge is 2.51. The van der Waals surface area contributed by atoms with Crippen molar-refractivity contribution in [1.29, 1.82) is 0 Å². The molecule has 6 nitrogen and oxygen atoms in total. The summed E-state index contributed by atoms with van der Waals surface area (Å²) in [6.45, 7) is 3.93. The number of aromatic hydroxyl groups is 2. The van der Waals surface area contributed by atoms with E-state index in [9.17, 15) is 24.9 Å². The summed E-state index contributed by atoms with van der Waals surface area (Å²) in [6, 6.07) is 3.03. The van der Waals surface area contributed by atoms with Crippen molar-refractivity contribution >= 4 is 11.9 Å². The number of carboxylic acid groups (broad SMARTS) is 1. The molecule has 0 heterocycles. The maximum absolute atomic E-state index is 12.0. The molecule has 2 rings (SSSR count). The normalized spacial score (nSPS) is 20.6. The molecule has 1 aromatic carbocycles. The highest BCUT2D eigenvalue weighted by molar-refractivity contribution is 5.87. The number of phenolic OH excluding ortho intramolecular Hbond substituents is 2. The minimum absolute atomic E-state index is 0.0437.